The summed E-state index contributed by atoms with van der Waals surface area (Å²) < 4.78 is 5.88. The van der Waals surface area contributed by atoms with Gasteiger partial charge in [0.1, 0.15) is 6.04 Å². The van der Waals surface area contributed by atoms with Gasteiger partial charge in [-0.3, -0.25) is 4.79 Å². The number of piperidine rings is 1. The Morgan fingerprint density at radius 3 is 2.33 bits per heavy atom. The first-order valence-electron chi connectivity index (χ1n) is 8.34. The highest BCUT2D eigenvalue weighted by Crippen LogP contribution is 2.24. The summed E-state index contributed by atoms with van der Waals surface area (Å²) in [4.78, 5) is 14.2. The van der Waals surface area contributed by atoms with Crippen LogP contribution in [-0.4, -0.2) is 42.6 Å². The molecule has 4 nitrogen and oxygen atoms in total. The molecule has 0 bridgehead atoms. The summed E-state index contributed by atoms with van der Waals surface area (Å²) in [5.41, 5.74) is 6.09. The summed E-state index contributed by atoms with van der Waals surface area (Å²) >= 11 is 0. The molecule has 2 N–H and O–H groups in total. The number of hydrogen-bond donors (Lipinski definition) is 1. The molecule has 21 heavy (non-hydrogen) atoms. The van der Waals surface area contributed by atoms with Crippen LogP contribution in [-0.2, 0) is 9.53 Å². The van der Waals surface area contributed by atoms with E-state index in [2.05, 4.69) is 0 Å². The summed E-state index contributed by atoms with van der Waals surface area (Å²) in [6.45, 7) is 4.43. The zero-order valence-electron chi connectivity index (χ0n) is 13.3. The van der Waals surface area contributed by atoms with Crippen LogP contribution in [0.1, 0.15) is 58.3 Å². The van der Waals surface area contributed by atoms with Crippen LogP contribution >= 0.6 is 12.4 Å². The minimum atomic E-state index is -0.503. The van der Waals surface area contributed by atoms with E-state index in [0.717, 1.165) is 32.5 Å². The number of halogens is 1. The Hall–Kier alpha value is -0.320. The molecule has 0 aromatic carbocycles. The van der Waals surface area contributed by atoms with E-state index in [9.17, 15) is 4.79 Å². The maximum Gasteiger partial charge on any atom is 0.242 e. The molecule has 1 saturated carbocycles. The van der Waals surface area contributed by atoms with Gasteiger partial charge in [0.05, 0.1) is 6.10 Å². The first-order chi connectivity index (χ1) is 9.68. The van der Waals surface area contributed by atoms with Crippen LogP contribution < -0.4 is 5.73 Å². The Bertz CT molecular complexity index is 303. The number of amides is 1. The maximum absolute atomic E-state index is 12.3. The van der Waals surface area contributed by atoms with E-state index in [4.69, 9.17) is 10.5 Å². The molecule has 1 amide bonds. The highest BCUT2D eigenvalue weighted by Gasteiger charge is 2.28. The van der Waals surface area contributed by atoms with Crippen molar-refractivity contribution in [1.29, 1.82) is 0 Å². The number of carbonyl (C=O) groups is 1. The predicted molar refractivity (Wildman–Crippen MR) is 87.6 cm³/mol. The van der Waals surface area contributed by atoms with Crippen LogP contribution in [0.4, 0.5) is 0 Å². The molecular formula is C16H31ClN2O2. The van der Waals surface area contributed by atoms with E-state index in [1.807, 2.05) is 11.8 Å². The van der Waals surface area contributed by atoms with Crippen molar-refractivity contribution in [1.82, 2.24) is 4.90 Å². The Labute approximate surface area is 135 Å². The molecule has 2 fully saturated rings. The van der Waals surface area contributed by atoms with E-state index < -0.39 is 6.04 Å². The number of nitrogens with zero attached hydrogens (tertiary/aromatic N) is 1. The van der Waals surface area contributed by atoms with Crippen LogP contribution in [0.5, 0.6) is 0 Å². The van der Waals surface area contributed by atoms with Crippen molar-refractivity contribution >= 4 is 18.3 Å². The van der Waals surface area contributed by atoms with Crippen molar-refractivity contribution in [2.45, 2.75) is 70.4 Å². The first-order valence-corrected chi connectivity index (χ1v) is 8.34. The molecule has 2 rings (SSSR count). The highest BCUT2D eigenvalue weighted by atomic mass is 35.5. The quantitative estimate of drug-likeness (QED) is 0.848. The lowest BCUT2D eigenvalue weighted by atomic mass is 9.90. The minimum Gasteiger partial charge on any atom is -0.376 e. The van der Waals surface area contributed by atoms with Gasteiger partial charge in [0, 0.05) is 19.7 Å². The molecule has 1 aliphatic heterocycles. The molecule has 2 aliphatic rings. The second-order valence-electron chi connectivity index (χ2n) is 6.45. The zero-order chi connectivity index (χ0) is 14.4. The van der Waals surface area contributed by atoms with E-state index in [-0.39, 0.29) is 24.4 Å². The molecule has 1 heterocycles. The summed E-state index contributed by atoms with van der Waals surface area (Å²) in [7, 11) is 0. The Morgan fingerprint density at radius 2 is 1.71 bits per heavy atom. The molecule has 0 aromatic rings. The predicted octanol–water partition coefficient (Wildman–Crippen LogP) is 2.73. The van der Waals surface area contributed by atoms with E-state index >= 15 is 0 Å². The molecule has 124 valence electrons. The highest BCUT2D eigenvalue weighted by molar-refractivity contribution is 5.85. The fraction of sp³-hybridized carbons (Fsp3) is 0.938. The molecule has 0 spiro atoms. The lowest BCUT2D eigenvalue weighted by Crippen LogP contribution is -2.51. The van der Waals surface area contributed by atoms with Gasteiger partial charge in [-0.05, 0) is 44.9 Å². The second-order valence-corrected chi connectivity index (χ2v) is 6.45. The molecule has 1 saturated heterocycles. The summed E-state index contributed by atoms with van der Waals surface area (Å²) in [6, 6.07) is -0.503. The number of likely N-dealkylation sites (tertiary alicyclic amines) is 1. The van der Waals surface area contributed by atoms with Gasteiger partial charge in [0.2, 0.25) is 5.91 Å². The fourth-order valence-corrected chi connectivity index (χ4v) is 3.27. The summed E-state index contributed by atoms with van der Waals surface area (Å²) in [6.07, 6.45) is 9.80. The first kappa shape index (κ1) is 18.7. The molecule has 1 aliphatic carbocycles. The number of nitrogens with two attached hydrogens (primary N) is 1. The Balaban J connectivity index is 0.00000220. The molecule has 5 heteroatoms. The van der Waals surface area contributed by atoms with Gasteiger partial charge >= 0.3 is 0 Å². The Morgan fingerprint density at radius 1 is 1.14 bits per heavy atom. The standard InChI is InChI=1S/C16H30N2O2.ClH/c1-13(20-12-14-8-4-2-5-9-14)15(17)16(19)18-10-6-3-7-11-18;/h13-15H,2-12,17H2,1H3;1H/t13-,15+;/m1./s1. The van der Waals surface area contributed by atoms with Crippen molar-refractivity contribution in [2.75, 3.05) is 19.7 Å². The van der Waals surface area contributed by atoms with Crippen LogP contribution in [0.3, 0.4) is 0 Å². The zero-order valence-corrected chi connectivity index (χ0v) is 14.1. The summed E-state index contributed by atoms with van der Waals surface area (Å²) in [5.74, 6) is 0.740. The molecule has 0 unspecified atom stereocenters. The van der Waals surface area contributed by atoms with Gasteiger partial charge in [-0.25, -0.2) is 0 Å². The number of rotatable bonds is 5. The van der Waals surface area contributed by atoms with Crippen molar-refractivity contribution < 1.29 is 9.53 Å². The van der Waals surface area contributed by atoms with Crippen molar-refractivity contribution in [3.05, 3.63) is 0 Å². The lowest BCUT2D eigenvalue weighted by Gasteiger charge is -2.31. The minimum absolute atomic E-state index is 0. The SMILES string of the molecule is C[C@@H](OCC1CCCCC1)[C@H](N)C(=O)N1CCCCC1.Cl. The monoisotopic (exact) mass is 318 g/mol. The van der Waals surface area contributed by atoms with Gasteiger partial charge < -0.3 is 15.4 Å². The summed E-state index contributed by atoms with van der Waals surface area (Å²) in [5, 5.41) is 0. The third kappa shape index (κ3) is 5.76. The Kier molecular flexibility index (Phi) is 8.60. The van der Waals surface area contributed by atoms with E-state index in [1.54, 1.807) is 0 Å². The van der Waals surface area contributed by atoms with Crippen LogP contribution in [0.2, 0.25) is 0 Å². The van der Waals surface area contributed by atoms with Crippen LogP contribution in [0.25, 0.3) is 0 Å². The van der Waals surface area contributed by atoms with Crippen molar-refractivity contribution in [2.24, 2.45) is 11.7 Å². The van der Waals surface area contributed by atoms with E-state index in [1.165, 1.54) is 38.5 Å². The van der Waals surface area contributed by atoms with Gasteiger partial charge in [-0.15, -0.1) is 12.4 Å². The van der Waals surface area contributed by atoms with Crippen LogP contribution in [0.15, 0.2) is 0 Å². The number of ether oxygens (including phenoxy) is 1. The average molecular weight is 319 g/mol. The number of carbonyl (C=O) groups excluding carboxylic acids is 1. The smallest absolute Gasteiger partial charge is 0.242 e. The average Bonchev–Trinajstić information content (AvgIpc) is 2.53. The maximum atomic E-state index is 12.3. The molecule has 0 aromatic heterocycles. The topological polar surface area (TPSA) is 55.6 Å². The van der Waals surface area contributed by atoms with E-state index in [0.29, 0.717) is 5.92 Å². The third-order valence-corrected chi connectivity index (χ3v) is 4.78. The second kappa shape index (κ2) is 9.65. The largest absolute Gasteiger partial charge is 0.376 e. The number of hydrogen-bond acceptors (Lipinski definition) is 3. The van der Waals surface area contributed by atoms with Crippen LogP contribution in [0, 0.1) is 5.92 Å². The van der Waals surface area contributed by atoms with Gasteiger partial charge in [-0.2, -0.15) is 0 Å². The van der Waals surface area contributed by atoms with Crippen molar-refractivity contribution in [3.63, 3.8) is 0 Å². The van der Waals surface area contributed by atoms with Gasteiger partial charge in [-0.1, -0.05) is 19.3 Å². The third-order valence-electron chi connectivity index (χ3n) is 4.78. The lowest BCUT2D eigenvalue weighted by molar-refractivity contribution is -0.137. The molecular weight excluding hydrogens is 288 g/mol. The molecule has 2 atom stereocenters. The van der Waals surface area contributed by atoms with Gasteiger partial charge in [0.15, 0.2) is 0 Å². The normalized spacial score (nSPS) is 23.2. The molecule has 0 radical (unpaired) electrons. The fourth-order valence-electron chi connectivity index (χ4n) is 3.27. The van der Waals surface area contributed by atoms with Crippen molar-refractivity contribution in [3.8, 4) is 0 Å². The van der Waals surface area contributed by atoms with Gasteiger partial charge in [0.25, 0.3) is 0 Å².